The standard InChI is InChI=1S/C28H17NO2S/c30-29(31)25-17-19(18-8-2-1-3-9-18)14-15-22(25)24-16-20-10-4-5-11-21(20)27-23-12-6-7-13-26(23)32-28(24)27/h1-17H. The number of nitro benzene ring substituents is 1. The molecule has 0 bridgehead atoms. The predicted octanol–water partition coefficient (Wildman–Crippen LogP) is 8.45. The molecule has 0 amide bonds. The van der Waals surface area contributed by atoms with Crippen molar-refractivity contribution in [3.05, 3.63) is 113 Å². The number of hydrogen-bond donors (Lipinski definition) is 0. The molecule has 4 heteroatoms. The molecule has 32 heavy (non-hydrogen) atoms. The summed E-state index contributed by atoms with van der Waals surface area (Å²) < 4.78 is 2.27. The Balaban J connectivity index is 1.70. The molecule has 0 atom stereocenters. The van der Waals surface area contributed by atoms with Crippen LogP contribution in [0.5, 0.6) is 0 Å². The molecule has 0 saturated heterocycles. The largest absolute Gasteiger partial charge is 0.277 e. The van der Waals surface area contributed by atoms with Crippen LogP contribution in [-0.4, -0.2) is 4.92 Å². The fourth-order valence-corrected chi connectivity index (χ4v) is 5.74. The van der Waals surface area contributed by atoms with Crippen molar-refractivity contribution >= 4 is 48.0 Å². The first-order valence-corrected chi connectivity index (χ1v) is 11.2. The normalized spacial score (nSPS) is 11.4. The molecular weight excluding hydrogens is 414 g/mol. The molecule has 152 valence electrons. The van der Waals surface area contributed by atoms with Crippen LogP contribution in [0.25, 0.3) is 53.2 Å². The minimum absolute atomic E-state index is 0.125. The molecule has 0 unspecified atom stereocenters. The number of nitro groups is 1. The maximum Gasteiger partial charge on any atom is 0.277 e. The van der Waals surface area contributed by atoms with Crippen LogP contribution in [-0.2, 0) is 0 Å². The molecule has 0 aliphatic heterocycles. The van der Waals surface area contributed by atoms with E-state index in [9.17, 15) is 10.1 Å². The molecule has 6 aromatic rings. The van der Waals surface area contributed by atoms with Gasteiger partial charge in [0, 0.05) is 31.8 Å². The van der Waals surface area contributed by atoms with Gasteiger partial charge in [-0.05, 0) is 40.1 Å². The summed E-state index contributed by atoms with van der Waals surface area (Å²) in [5.41, 5.74) is 3.49. The lowest BCUT2D eigenvalue weighted by atomic mass is 9.94. The molecule has 0 fully saturated rings. The quantitative estimate of drug-likeness (QED) is 0.208. The fourth-order valence-electron chi connectivity index (χ4n) is 4.49. The second kappa shape index (κ2) is 7.29. The van der Waals surface area contributed by atoms with E-state index in [0.29, 0.717) is 5.56 Å². The highest BCUT2D eigenvalue weighted by atomic mass is 32.1. The van der Waals surface area contributed by atoms with Gasteiger partial charge in [0.1, 0.15) is 0 Å². The van der Waals surface area contributed by atoms with Crippen LogP contribution in [0.3, 0.4) is 0 Å². The molecule has 1 heterocycles. The SMILES string of the molecule is O=[N+]([O-])c1cc(-c2ccccc2)ccc1-c1cc2ccccc2c2c1sc1ccccc12. The first kappa shape index (κ1) is 18.7. The highest BCUT2D eigenvalue weighted by Gasteiger charge is 2.21. The Kier molecular flexibility index (Phi) is 4.27. The summed E-state index contributed by atoms with van der Waals surface area (Å²) in [4.78, 5) is 11.9. The maximum absolute atomic E-state index is 12.2. The highest BCUT2D eigenvalue weighted by molar-refractivity contribution is 7.26. The van der Waals surface area contributed by atoms with Gasteiger partial charge in [0.25, 0.3) is 5.69 Å². The lowest BCUT2D eigenvalue weighted by Crippen LogP contribution is -1.93. The van der Waals surface area contributed by atoms with Gasteiger partial charge >= 0.3 is 0 Å². The molecule has 0 aliphatic rings. The van der Waals surface area contributed by atoms with Crippen LogP contribution in [0.2, 0.25) is 0 Å². The first-order chi connectivity index (χ1) is 15.7. The second-order valence-electron chi connectivity index (χ2n) is 7.80. The minimum atomic E-state index is -0.268. The summed E-state index contributed by atoms with van der Waals surface area (Å²) in [5, 5.41) is 16.8. The van der Waals surface area contributed by atoms with Gasteiger partial charge in [-0.2, -0.15) is 0 Å². The van der Waals surface area contributed by atoms with Gasteiger partial charge in [-0.15, -0.1) is 11.3 Å². The zero-order valence-corrected chi connectivity index (χ0v) is 17.8. The van der Waals surface area contributed by atoms with E-state index in [-0.39, 0.29) is 10.6 Å². The molecule has 0 spiro atoms. The van der Waals surface area contributed by atoms with Gasteiger partial charge in [0.15, 0.2) is 0 Å². The van der Waals surface area contributed by atoms with Crippen LogP contribution >= 0.6 is 11.3 Å². The molecule has 3 nitrogen and oxygen atoms in total. The summed E-state index contributed by atoms with van der Waals surface area (Å²) >= 11 is 1.70. The zero-order chi connectivity index (χ0) is 21.7. The van der Waals surface area contributed by atoms with Gasteiger partial charge in [-0.25, -0.2) is 0 Å². The molecule has 0 aliphatic carbocycles. The monoisotopic (exact) mass is 431 g/mol. The number of hydrogen-bond acceptors (Lipinski definition) is 3. The molecule has 5 aromatic carbocycles. The average molecular weight is 432 g/mol. The second-order valence-corrected chi connectivity index (χ2v) is 8.85. The Morgan fingerprint density at radius 2 is 1.38 bits per heavy atom. The summed E-state index contributed by atoms with van der Waals surface area (Å²) in [7, 11) is 0. The van der Waals surface area contributed by atoms with Crippen molar-refractivity contribution in [2.24, 2.45) is 0 Å². The summed E-state index contributed by atoms with van der Waals surface area (Å²) in [6.07, 6.45) is 0. The number of rotatable bonds is 3. The van der Waals surface area contributed by atoms with E-state index in [0.717, 1.165) is 26.8 Å². The molecule has 1 aromatic heterocycles. The van der Waals surface area contributed by atoms with Gasteiger partial charge in [0.2, 0.25) is 0 Å². The number of benzene rings is 5. The summed E-state index contributed by atoms with van der Waals surface area (Å²) in [5.74, 6) is 0. The van der Waals surface area contributed by atoms with E-state index in [1.807, 2.05) is 66.7 Å². The van der Waals surface area contributed by atoms with Crippen LogP contribution in [0.15, 0.2) is 103 Å². The van der Waals surface area contributed by atoms with Crippen molar-refractivity contribution in [2.75, 3.05) is 0 Å². The third-order valence-corrected chi connectivity index (χ3v) is 7.17. The van der Waals surface area contributed by atoms with E-state index in [2.05, 4.69) is 30.3 Å². The highest BCUT2D eigenvalue weighted by Crippen LogP contribution is 2.46. The van der Waals surface area contributed by atoms with Crippen LogP contribution in [0, 0.1) is 10.1 Å². The van der Waals surface area contributed by atoms with Crippen molar-refractivity contribution in [2.45, 2.75) is 0 Å². The van der Waals surface area contributed by atoms with E-state index in [4.69, 9.17) is 0 Å². The van der Waals surface area contributed by atoms with Crippen molar-refractivity contribution in [3.63, 3.8) is 0 Å². The third kappa shape index (κ3) is 2.88. The van der Waals surface area contributed by atoms with Crippen LogP contribution < -0.4 is 0 Å². The number of nitrogens with zero attached hydrogens (tertiary/aromatic N) is 1. The zero-order valence-electron chi connectivity index (χ0n) is 17.0. The minimum Gasteiger partial charge on any atom is -0.258 e. The molecule has 6 rings (SSSR count). The van der Waals surface area contributed by atoms with E-state index >= 15 is 0 Å². The summed E-state index contributed by atoms with van der Waals surface area (Å²) in [6.45, 7) is 0. The van der Waals surface area contributed by atoms with Crippen molar-refractivity contribution < 1.29 is 4.92 Å². The average Bonchev–Trinajstić information content (AvgIpc) is 3.24. The Bertz CT molecular complexity index is 1650. The maximum atomic E-state index is 12.2. The van der Waals surface area contributed by atoms with Gasteiger partial charge < -0.3 is 0 Å². The Labute approximate surface area is 188 Å². The lowest BCUT2D eigenvalue weighted by Gasteiger charge is -2.10. The van der Waals surface area contributed by atoms with Crippen LogP contribution in [0.1, 0.15) is 0 Å². The predicted molar refractivity (Wildman–Crippen MR) is 134 cm³/mol. The van der Waals surface area contributed by atoms with Crippen molar-refractivity contribution in [1.82, 2.24) is 0 Å². The third-order valence-electron chi connectivity index (χ3n) is 5.96. The van der Waals surface area contributed by atoms with Crippen molar-refractivity contribution in [3.8, 4) is 22.3 Å². The lowest BCUT2D eigenvalue weighted by molar-refractivity contribution is -0.384. The Hall–Kier alpha value is -4.02. The van der Waals surface area contributed by atoms with Gasteiger partial charge in [-0.3, -0.25) is 10.1 Å². The smallest absolute Gasteiger partial charge is 0.258 e. The Morgan fingerprint density at radius 1 is 0.656 bits per heavy atom. The fraction of sp³-hybridized carbons (Fsp3) is 0. The Morgan fingerprint density at radius 3 is 2.19 bits per heavy atom. The molecule has 0 saturated carbocycles. The molecule has 0 radical (unpaired) electrons. The summed E-state index contributed by atoms with van der Waals surface area (Å²) in [6, 6.07) is 34.0. The van der Waals surface area contributed by atoms with E-state index in [1.165, 1.54) is 20.9 Å². The van der Waals surface area contributed by atoms with Crippen molar-refractivity contribution in [1.29, 1.82) is 0 Å². The van der Waals surface area contributed by atoms with Gasteiger partial charge in [-0.1, -0.05) is 78.9 Å². The topological polar surface area (TPSA) is 43.1 Å². The van der Waals surface area contributed by atoms with E-state index in [1.54, 1.807) is 17.4 Å². The number of thiophene rings is 1. The first-order valence-electron chi connectivity index (χ1n) is 10.4. The molecular formula is C28H17NO2S. The number of fused-ring (bicyclic) bond motifs is 5. The van der Waals surface area contributed by atoms with Gasteiger partial charge in [0.05, 0.1) is 10.5 Å². The van der Waals surface area contributed by atoms with Crippen LogP contribution in [0.4, 0.5) is 5.69 Å². The van der Waals surface area contributed by atoms with E-state index < -0.39 is 0 Å². The molecule has 0 N–H and O–H groups in total.